The molecule has 0 radical (unpaired) electrons. The van der Waals surface area contributed by atoms with Crippen LogP contribution in [0.3, 0.4) is 0 Å². The Bertz CT molecular complexity index is 1370. The Hall–Kier alpha value is -2.39. The summed E-state index contributed by atoms with van der Waals surface area (Å²) in [5.41, 5.74) is 3.60. The maximum Gasteiger partial charge on any atom is 0.494 e. The molecule has 3 saturated heterocycles. The zero-order valence-corrected chi connectivity index (χ0v) is 30.6. The highest BCUT2D eigenvalue weighted by Crippen LogP contribution is 2.41. The predicted molar refractivity (Wildman–Crippen MR) is 192 cm³/mol. The van der Waals surface area contributed by atoms with E-state index in [1.807, 2.05) is 0 Å². The molecule has 3 aliphatic rings. The minimum absolute atomic E-state index is 0.400. The van der Waals surface area contributed by atoms with Gasteiger partial charge in [-0.25, -0.2) is 0 Å². The van der Waals surface area contributed by atoms with E-state index < -0.39 is 60.4 Å². The molecule has 248 valence electrons. The molecule has 0 atom stereocenters. The van der Waals surface area contributed by atoms with Crippen molar-refractivity contribution in [2.24, 2.45) is 0 Å². The van der Waals surface area contributed by atoms with Crippen molar-refractivity contribution in [3.63, 3.8) is 0 Å². The average Bonchev–Trinajstić information content (AvgIpc) is 3.46. The maximum absolute atomic E-state index is 6.36. The van der Waals surface area contributed by atoms with Gasteiger partial charge in [-0.1, -0.05) is 72.8 Å². The van der Waals surface area contributed by atoms with Crippen LogP contribution in [0.5, 0.6) is 0 Å². The van der Waals surface area contributed by atoms with E-state index >= 15 is 0 Å². The summed E-state index contributed by atoms with van der Waals surface area (Å²) in [5, 5.41) is 0. The molecule has 9 heteroatoms. The van der Waals surface area contributed by atoms with Crippen molar-refractivity contribution in [3.8, 4) is 0 Å². The van der Waals surface area contributed by atoms with E-state index in [4.69, 9.17) is 27.9 Å². The molecule has 0 saturated carbocycles. The van der Waals surface area contributed by atoms with E-state index in [1.54, 1.807) is 0 Å². The summed E-state index contributed by atoms with van der Waals surface area (Å²) < 4.78 is 38.1. The molecular formula is C38H51B3O6. The molecule has 3 aliphatic heterocycles. The number of hydrogen-bond donors (Lipinski definition) is 0. The third-order valence-electron chi connectivity index (χ3n) is 12.0. The quantitative estimate of drug-likeness (QED) is 0.247. The molecule has 0 unspecified atom stereocenters. The van der Waals surface area contributed by atoms with Crippen LogP contribution >= 0.6 is 0 Å². The fourth-order valence-corrected chi connectivity index (χ4v) is 6.36. The van der Waals surface area contributed by atoms with Crippen LogP contribution in [0.1, 0.15) is 107 Å². The summed E-state index contributed by atoms with van der Waals surface area (Å²) in [6.45, 7) is 27.3. The van der Waals surface area contributed by atoms with Gasteiger partial charge in [-0.15, -0.1) is 0 Å². The lowest BCUT2D eigenvalue weighted by Crippen LogP contribution is -2.41. The van der Waals surface area contributed by atoms with Crippen molar-refractivity contribution in [2.75, 3.05) is 0 Å². The molecule has 0 aliphatic carbocycles. The minimum atomic E-state index is -0.475. The van der Waals surface area contributed by atoms with Crippen molar-refractivity contribution in [1.29, 1.82) is 0 Å². The summed E-state index contributed by atoms with van der Waals surface area (Å²) in [5.74, 6) is 0. The van der Waals surface area contributed by atoms with Gasteiger partial charge in [-0.05, 0) is 123 Å². The number of rotatable bonds is 6. The van der Waals surface area contributed by atoms with Crippen LogP contribution in [0.2, 0.25) is 0 Å². The SMILES string of the molecule is CC(c1ccc(B2OC(C)(C)C(C)(C)O2)cc1)(c1ccc(B2OC(C)(C)C(C)(C)O2)cc1)c1ccc(B2OC(C)(C)C(C)(C)O2)cc1. The second-order valence-corrected chi connectivity index (χ2v) is 16.8. The Morgan fingerprint density at radius 3 is 0.681 bits per heavy atom. The van der Waals surface area contributed by atoms with E-state index in [-0.39, 0.29) is 0 Å². The van der Waals surface area contributed by atoms with Gasteiger partial charge in [0.2, 0.25) is 0 Å². The van der Waals surface area contributed by atoms with Crippen LogP contribution in [0.25, 0.3) is 0 Å². The van der Waals surface area contributed by atoms with Crippen molar-refractivity contribution >= 4 is 37.7 Å². The first kappa shape index (κ1) is 34.5. The Morgan fingerprint density at radius 1 is 0.340 bits per heavy atom. The molecule has 3 aromatic rings. The standard InChI is InChI=1S/C38H51B3O6/c1-32(2)33(3,4)43-39(42-32)29-20-14-26(15-21-29)38(13,27-16-22-30(23-17-27)40-44-34(5,6)35(7,8)45-40)28-18-24-31(25-19-28)41-46-36(9,10)37(11,12)47-41/h14-25H,1-13H3. The van der Waals surface area contributed by atoms with Gasteiger partial charge in [0, 0.05) is 5.41 Å². The van der Waals surface area contributed by atoms with E-state index in [0.29, 0.717) is 0 Å². The van der Waals surface area contributed by atoms with Gasteiger partial charge in [0.15, 0.2) is 0 Å². The monoisotopic (exact) mass is 636 g/mol. The molecule has 0 bridgehead atoms. The first-order chi connectivity index (χ1) is 21.6. The molecule has 6 nitrogen and oxygen atoms in total. The summed E-state index contributed by atoms with van der Waals surface area (Å²) >= 11 is 0. The average molecular weight is 636 g/mol. The zero-order valence-electron chi connectivity index (χ0n) is 30.6. The van der Waals surface area contributed by atoms with Crippen molar-refractivity contribution in [2.45, 2.75) is 129 Å². The number of hydrogen-bond acceptors (Lipinski definition) is 6. The van der Waals surface area contributed by atoms with E-state index in [1.165, 1.54) is 0 Å². The Balaban J connectivity index is 1.35. The van der Waals surface area contributed by atoms with Crippen molar-refractivity contribution in [1.82, 2.24) is 0 Å². The molecule has 0 amide bonds. The molecular weight excluding hydrogens is 585 g/mol. The third kappa shape index (κ3) is 5.75. The van der Waals surface area contributed by atoms with Crippen LogP contribution in [-0.4, -0.2) is 55.0 Å². The minimum Gasteiger partial charge on any atom is -0.399 e. The van der Waals surface area contributed by atoms with Gasteiger partial charge in [0.25, 0.3) is 0 Å². The van der Waals surface area contributed by atoms with Crippen molar-refractivity contribution < 1.29 is 27.9 Å². The molecule has 0 aromatic heterocycles. The molecule has 3 heterocycles. The van der Waals surface area contributed by atoms with E-state index in [0.717, 1.165) is 33.1 Å². The summed E-state index contributed by atoms with van der Waals surface area (Å²) in [6, 6.07) is 26.0. The first-order valence-electron chi connectivity index (χ1n) is 17.0. The lowest BCUT2D eigenvalue weighted by atomic mass is 9.67. The topological polar surface area (TPSA) is 55.4 Å². The van der Waals surface area contributed by atoms with Gasteiger partial charge < -0.3 is 27.9 Å². The normalized spacial score (nSPS) is 23.8. The second-order valence-electron chi connectivity index (χ2n) is 16.8. The molecule has 3 aromatic carbocycles. The van der Waals surface area contributed by atoms with Crippen LogP contribution in [0, 0.1) is 0 Å². The zero-order chi connectivity index (χ0) is 34.4. The van der Waals surface area contributed by atoms with Gasteiger partial charge in [-0.3, -0.25) is 0 Å². The summed E-state index contributed by atoms with van der Waals surface area (Å²) in [7, 11) is -1.25. The summed E-state index contributed by atoms with van der Waals surface area (Å²) in [6.07, 6.45) is 0. The number of benzene rings is 3. The fraction of sp³-hybridized carbons (Fsp3) is 0.526. The Labute approximate surface area is 283 Å². The predicted octanol–water partition coefficient (Wildman–Crippen LogP) is 5.94. The maximum atomic E-state index is 6.36. The van der Waals surface area contributed by atoms with Crippen LogP contribution in [0.15, 0.2) is 72.8 Å². The Morgan fingerprint density at radius 2 is 0.511 bits per heavy atom. The van der Waals surface area contributed by atoms with E-state index in [9.17, 15) is 0 Å². The second kappa shape index (κ2) is 11.1. The highest BCUT2D eigenvalue weighted by molar-refractivity contribution is 6.63. The lowest BCUT2D eigenvalue weighted by molar-refractivity contribution is 0.00578. The highest BCUT2D eigenvalue weighted by atomic mass is 16.7. The molecule has 47 heavy (non-hydrogen) atoms. The smallest absolute Gasteiger partial charge is 0.399 e. The van der Waals surface area contributed by atoms with Crippen LogP contribution in [-0.2, 0) is 33.3 Å². The van der Waals surface area contributed by atoms with Crippen LogP contribution < -0.4 is 16.4 Å². The fourth-order valence-electron chi connectivity index (χ4n) is 6.36. The summed E-state index contributed by atoms with van der Waals surface area (Å²) in [4.78, 5) is 0. The van der Waals surface area contributed by atoms with Gasteiger partial charge >= 0.3 is 21.4 Å². The molecule has 6 rings (SSSR count). The van der Waals surface area contributed by atoms with Gasteiger partial charge in [0.1, 0.15) is 0 Å². The molecule has 0 N–H and O–H groups in total. The largest absolute Gasteiger partial charge is 0.494 e. The molecule has 0 spiro atoms. The highest BCUT2D eigenvalue weighted by Gasteiger charge is 2.54. The van der Waals surface area contributed by atoms with Crippen molar-refractivity contribution in [3.05, 3.63) is 89.5 Å². The first-order valence-corrected chi connectivity index (χ1v) is 17.0. The Kier molecular flexibility index (Phi) is 8.12. The lowest BCUT2D eigenvalue weighted by Gasteiger charge is -2.32. The van der Waals surface area contributed by atoms with Gasteiger partial charge in [-0.2, -0.15) is 0 Å². The third-order valence-corrected chi connectivity index (χ3v) is 12.0. The van der Waals surface area contributed by atoms with Crippen LogP contribution in [0.4, 0.5) is 0 Å². The molecule has 3 fully saturated rings. The van der Waals surface area contributed by atoms with Gasteiger partial charge in [0.05, 0.1) is 33.6 Å². The van der Waals surface area contributed by atoms with E-state index in [2.05, 4.69) is 163 Å².